The minimum absolute atomic E-state index is 0.0767. The summed E-state index contributed by atoms with van der Waals surface area (Å²) >= 11 is 0. The number of Topliss-reactive ketones (excluding diaryl/α,β-unsaturated/α-hetero) is 1. The Labute approximate surface area is 423 Å². The lowest BCUT2D eigenvalue weighted by molar-refractivity contribution is -0.141. The Morgan fingerprint density at radius 2 is 1.08 bits per heavy atom. The maximum absolute atomic E-state index is 14.7. The molecule has 0 aromatic heterocycles. The van der Waals surface area contributed by atoms with Crippen LogP contribution >= 0.6 is 0 Å². The van der Waals surface area contributed by atoms with Crippen molar-refractivity contribution in [1.82, 2.24) is 0 Å². The van der Waals surface area contributed by atoms with Crippen molar-refractivity contribution in [3.63, 3.8) is 0 Å². The molecule has 8 heteroatoms. The van der Waals surface area contributed by atoms with Gasteiger partial charge in [-0.2, -0.15) is 0 Å². The van der Waals surface area contributed by atoms with Gasteiger partial charge < -0.3 is 14.4 Å². The summed E-state index contributed by atoms with van der Waals surface area (Å²) < 4.78 is 6.53. The van der Waals surface area contributed by atoms with Crippen LogP contribution in [0.15, 0.2) is 150 Å². The standard InChI is InChI=1S/C64H62N2O6/c1-8-32-63(33-9-2)53-19-15-14-18-49(53)50-30-27-46(37-55(50)63)60(69)58(65-71-40(6)67)44-24-22-42(23-25-44)45-26-29-51-52-31-28-47(38-56(52)64(34-10-3,35-11-4)54(51)36-45)61-62(70-61)59(66-72-41(7)68)57-39(5)20-21-43-16-12-13-17-48(43)57/h12-31,36-38,61-62H,8-11,32-35H2,1-7H3/b65-58+,66-59+. The van der Waals surface area contributed by atoms with Gasteiger partial charge >= 0.3 is 11.9 Å². The molecule has 1 fully saturated rings. The fourth-order valence-corrected chi connectivity index (χ4v) is 12.4. The van der Waals surface area contributed by atoms with Crippen LogP contribution in [0.2, 0.25) is 0 Å². The molecular formula is C64H62N2O6. The number of ketones is 1. The SMILES string of the molecule is CCCC1(CCC)c2ccccc2-c2ccc(C(=O)/C(=N/OC(C)=O)c3ccc(-c4ccc5c(c4)C(CCC)(CCC)c4cc(C6OC6/C(=N/OC(C)=O)c6c(C)ccc7ccccc67)ccc4-5)cc3)cc21. The van der Waals surface area contributed by atoms with Crippen molar-refractivity contribution in [2.24, 2.45) is 10.3 Å². The highest BCUT2D eigenvalue weighted by Crippen LogP contribution is 2.57. The zero-order chi connectivity index (χ0) is 50.3. The van der Waals surface area contributed by atoms with Crippen molar-refractivity contribution >= 4 is 39.9 Å². The average Bonchev–Trinajstić information content (AvgIpc) is 4.08. The van der Waals surface area contributed by atoms with E-state index in [0.29, 0.717) is 16.8 Å². The predicted molar refractivity (Wildman–Crippen MR) is 288 cm³/mol. The van der Waals surface area contributed by atoms with Gasteiger partial charge in [-0.15, -0.1) is 0 Å². The zero-order valence-corrected chi connectivity index (χ0v) is 42.4. The molecule has 72 heavy (non-hydrogen) atoms. The maximum Gasteiger partial charge on any atom is 0.332 e. The van der Waals surface area contributed by atoms with Crippen molar-refractivity contribution in [3.8, 4) is 33.4 Å². The summed E-state index contributed by atoms with van der Waals surface area (Å²) in [5, 5.41) is 10.8. The maximum atomic E-state index is 14.7. The largest absolute Gasteiger partial charge is 0.358 e. The van der Waals surface area contributed by atoms with Gasteiger partial charge in [0.1, 0.15) is 17.9 Å². The lowest BCUT2D eigenvalue weighted by Crippen LogP contribution is -2.25. The molecular weight excluding hydrogens is 893 g/mol. The first-order valence-electron chi connectivity index (χ1n) is 25.8. The van der Waals surface area contributed by atoms with E-state index in [0.717, 1.165) is 90.0 Å². The molecule has 0 amide bonds. The van der Waals surface area contributed by atoms with Crippen LogP contribution in [0.3, 0.4) is 0 Å². The Kier molecular flexibility index (Phi) is 13.2. The number of hydrogen-bond acceptors (Lipinski definition) is 8. The Balaban J connectivity index is 0.970. The number of carbonyl (C=O) groups is 3. The van der Waals surface area contributed by atoms with Crippen molar-refractivity contribution in [2.75, 3.05) is 0 Å². The summed E-state index contributed by atoms with van der Waals surface area (Å²) in [6.07, 6.45) is 7.26. The minimum atomic E-state index is -0.599. The van der Waals surface area contributed by atoms with Crippen LogP contribution in [-0.2, 0) is 34.8 Å². The van der Waals surface area contributed by atoms with Gasteiger partial charge in [0, 0.05) is 41.4 Å². The first-order chi connectivity index (χ1) is 35.0. The van der Waals surface area contributed by atoms with E-state index < -0.39 is 18.0 Å². The monoisotopic (exact) mass is 954 g/mol. The third kappa shape index (κ3) is 8.39. The molecule has 0 N–H and O–H groups in total. The van der Waals surface area contributed by atoms with E-state index in [1.54, 1.807) is 0 Å². The fourth-order valence-electron chi connectivity index (χ4n) is 12.4. The van der Waals surface area contributed by atoms with E-state index in [-0.39, 0.29) is 28.4 Å². The number of hydrogen-bond donors (Lipinski definition) is 0. The van der Waals surface area contributed by atoms with Crippen LogP contribution in [0.5, 0.6) is 0 Å². The molecule has 2 unspecified atom stereocenters. The summed E-state index contributed by atoms with van der Waals surface area (Å²) in [4.78, 5) is 49.6. The number of ether oxygens (including phenoxy) is 1. The molecule has 7 aromatic carbocycles. The summed E-state index contributed by atoms with van der Waals surface area (Å²) in [6.45, 7) is 13.7. The number of rotatable bonds is 17. The summed E-state index contributed by atoms with van der Waals surface area (Å²) in [6, 6.07) is 48.5. The van der Waals surface area contributed by atoms with E-state index >= 15 is 0 Å². The van der Waals surface area contributed by atoms with Gasteiger partial charge in [0.25, 0.3) is 0 Å². The quantitative estimate of drug-likeness (QED) is 0.0296. The highest BCUT2D eigenvalue weighted by Gasteiger charge is 2.49. The topological polar surface area (TPSA) is 107 Å². The van der Waals surface area contributed by atoms with Gasteiger partial charge in [-0.05, 0) is 122 Å². The summed E-state index contributed by atoms with van der Waals surface area (Å²) in [5.74, 6) is -1.38. The Bertz CT molecular complexity index is 3330. The molecule has 0 bridgehead atoms. The van der Waals surface area contributed by atoms with Gasteiger partial charge in [-0.1, -0.05) is 191 Å². The van der Waals surface area contributed by atoms with Crippen molar-refractivity contribution in [1.29, 1.82) is 0 Å². The lowest BCUT2D eigenvalue weighted by atomic mass is 9.71. The fraction of sp³-hybridized carbons (Fsp3) is 0.297. The van der Waals surface area contributed by atoms with E-state index in [9.17, 15) is 14.4 Å². The van der Waals surface area contributed by atoms with Crippen LogP contribution in [0, 0.1) is 6.92 Å². The third-order valence-corrected chi connectivity index (χ3v) is 15.3. The molecule has 3 aliphatic rings. The molecule has 1 aliphatic heterocycles. The highest BCUT2D eigenvalue weighted by molar-refractivity contribution is 6.51. The summed E-state index contributed by atoms with van der Waals surface area (Å²) in [7, 11) is 0. The number of epoxide rings is 1. The van der Waals surface area contributed by atoms with Gasteiger partial charge in [0.05, 0.1) is 0 Å². The first-order valence-corrected chi connectivity index (χ1v) is 25.8. The molecule has 364 valence electrons. The molecule has 0 saturated carbocycles. The van der Waals surface area contributed by atoms with Gasteiger partial charge in [-0.25, -0.2) is 9.59 Å². The Morgan fingerprint density at radius 1 is 0.542 bits per heavy atom. The number of aryl methyl sites for hydroxylation is 1. The molecule has 7 aromatic rings. The molecule has 0 spiro atoms. The molecule has 0 radical (unpaired) electrons. The second-order valence-electron chi connectivity index (χ2n) is 20.0. The Hall–Kier alpha value is -7.29. The summed E-state index contributed by atoms with van der Waals surface area (Å²) in [5.41, 5.74) is 16.4. The van der Waals surface area contributed by atoms with Crippen molar-refractivity contribution < 1.29 is 28.8 Å². The Morgan fingerprint density at radius 3 is 1.76 bits per heavy atom. The predicted octanol–water partition coefficient (Wildman–Crippen LogP) is 15.1. The second kappa shape index (κ2) is 19.7. The third-order valence-electron chi connectivity index (χ3n) is 15.3. The van der Waals surface area contributed by atoms with Gasteiger partial charge in [-0.3, -0.25) is 4.79 Å². The molecule has 8 nitrogen and oxygen atoms in total. The lowest BCUT2D eigenvalue weighted by Gasteiger charge is -2.32. The molecule has 1 saturated heterocycles. The highest BCUT2D eigenvalue weighted by atomic mass is 16.7. The van der Waals surface area contributed by atoms with Crippen LogP contribution < -0.4 is 0 Å². The number of fused-ring (bicyclic) bond motifs is 7. The van der Waals surface area contributed by atoms with Gasteiger partial charge in [0.15, 0.2) is 5.71 Å². The smallest absolute Gasteiger partial charge is 0.332 e. The minimum Gasteiger partial charge on any atom is -0.358 e. The van der Waals surface area contributed by atoms with Crippen molar-refractivity contribution in [2.45, 2.75) is 123 Å². The second-order valence-corrected chi connectivity index (χ2v) is 20.0. The van der Waals surface area contributed by atoms with Crippen LogP contribution in [0.4, 0.5) is 0 Å². The number of benzene rings is 7. The van der Waals surface area contributed by atoms with E-state index in [4.69, 9.17) is 14.4 Å². The number of nitrogens with zero attached hydrogens (tertiary/aromatic N) is 2. The normalized spacial score (nSPS) is 16.9. The van der Waals surface area contributed by atoms with E-state index in [1.165, 1.54) is 58.4 Å². The number of carbonyl (C=O) groups excluding carboxylic acids is 3. The van der Waals surface area contributed by atoms with E-state index in [1.807, 2.05) is 42.5 Å². The first kappa shape index (κ1) is 48.3. The molecule has 2 aliphatic carbocycles. The van der Waals surface area contributed by atoms with Crippen LogP contribution in [0.25, 0.3) is 44.2 Å². The number of oxime groups is 2. The van der Waals surface area contributed by atoms with E-state index in [2.05, 4.69) is 142 Å². The molecule has 2 atom stereocenters. The zero-order valence-electron chi connectivity index (χ0n) is 42.4. The van der Waals surface area contributed by atoms with Crippen LogP contribution in [0.1, 0.15) is 154 Å². The van der Waals surface area contributed by atoms with Crippen molar-refractivity contribution in [3.05, 3.63) is 190 Å². The molecule has 1 heterocycles. The molecule has 10 rings (SSSR count). The van der Waals surface area contributed by atoms with Crippen LogP contribution in [-0.4, -0.2) is 35.2 Å². The van der Waals surface area contributed by atoms with Gasteiger partial charge in [0.2, 0.25) is 5.78 Å². The average molecular weight is 955 g/mol.